The summed E-state index contributed by atoms with van der Waals surface area (Å²) in [4.78, 5) is 4.73. The Labute approximate surface area is 155 Å². The molecule has 0 bridgehead atoms. The van der Waals surface area contributed by atoms with Crippen molar-refractivity contribution in [1.82, 2.24) is 5.32 Å². The molecule has 0 aromatic heterocycles. The molecular formula is C19H18ClF2N3O. The van der Waals surface area contributed by atoms with Crippen LogP contribution in [0.5, 0.6) is 0 Å². The first kappa shape index (κ1) is 17.2. The van der Waals surface area contributed by atoms with Crippen LogP contribution >= 0.6 is 11.6 Å². The minimum atomic E-state index is -0.745. The molecule has 2 aliphatic rings. The van der Waals surface area contributed by atoms with Crippen molar-refractivity contribution in [1.29, 1.82) is 0 Å². The van der Waals surface area contributed by atoms with Crippen LogP contribution in [0.1, 0.15) is 18.4 Å². The van der Waals surface area contributed by atoms with Gasteiger partial charge in [0.05, 0.1) is 21.9 Å². The van der Waals surface area contributed by atoms with E-state index in [0.29, 0.717) is 31.9 Å². The van der Waals surface area contributed by atoms with Gasteiger partial charge in [-0.25, -0.2) is 13.8 Å². The van der Waals surface area contributed by atoms with E-state index in [1.165, 1.54) is 12.1 Å². The Morgan fingerprint density at radius 1 is 1.15 bits per heavy atom. The van der Waals surface area contributed by atoms with E-state index in [4.69, 9.17) is 21.3 Å². The Morgan fingerprint density at radius 2 is 1.92 bits per heavy atom. The van der Waals surface area contributed by atoms with Gasteiger partial charge in [-0.2, -0.15) is 0 Å². The maximum Gasteiger partial charge on any atom is 0.149 e. The molecule has 0 amide bonds. The third-order valence-corrected chi connectivity index (χ3v) is 5.17. The van der Waals surface area contributed by atoms with Crippen molar-refractivity contribution in [3.05, 3.63) is 58.6 Å². The fourth-order valence-corrected chi connectivity index (χ4v) is 3.59. The van der Waals surface area contributed by atoms with Crippen LogP contribution < -0.4 is 10.6 Å². The van der Waals surface area contributed by atoms with Gasteiger partial charge in [-0.1, -0.05) is 23.7 Å². The van der Waals surface area contributed by atoms with E-state index < -0.39 is 17.2 Å². The quantitative estimate of drug-likeness (QED) is 0.762. The van der Waals surface area contributed by atoms with Gasteiger partial charge in [-0.05, 0) is 24.3 Å². The maximum absolute atomic E-state index is 14.2. The van der Waals surface area contributed by atoms with Crippen LogP contribution in [-0.4, -0.2) is 24.6 Å². The first-order valence-corrected chi connectivity index (χ1v) is 8.87. The second kappa shape index (κ2) is 6.85. The number of para-hydroxylation sites is 2. The Bertz CT molecular complexity index is 866. The molecule has 2 aromatic rings. The summed E-state index contributed by atoms with van der Waals surface area (Å²) in [5.74, 6) is -0.714. The summed E-state index contributed by atoms with van der Waals surface area (Å²) in [6.45, 7) is 1.15. The van der Waals surface area contributed by atoms with Gasteiger partial charge in [-0.15, -0.1) is 0 Å². The van der Waals surface area contributed by atoms with Crippen molar-refractivity contribution in [2.45, 2.75) is 24.9 Å². The predicted molar refractivity (Wildman–Crippen MR) is 98.2 cm³/mol. The Kier molecular flexibility index (Phi) is 4.54. The van der Waals surface area contributed by atoms with Crippen molar-refractivity contribution < 1.29 is 13.5 Å². The number of nitrogens with zero attached hydrogens (tertiary/aromatic N) is 1. The summed E-state index contributed by atoms with van der Waals surface area (Å²) in [5.41, 5.74) is 1.21. The molecule has 26 heavy (non-hydrogen) atoms. The zero-order valence-corrected chi connectivity index (χ0v) is 14.7. The van der Waals surface area contributed by atoms with Crippen LogP contribution in [0.4, 0.5) is 20.2 Å². The van der Waals surface area contributed by atoms with Crippen molar-refractivity contribution in [2.75, 3.05) is 18.5 Å². The van der Waals surface area contributed by atoms with E-state index in [1.807, 2.05) is 24.3 Å². The summed E-state index contributed by atoms with van der Waals surface area (Å²) in [6.07, 6.45) is 1.43. The van der Waals surface area contributed by atoms with E-state index in [0.717, 1.165) is 11.4 Å². The second-order valence-corrected chi connectivity index (χ2v) is 6.88. The average Bonchev–Trinajstić information content (AvgIpc) is 2.66. The van der Waals surface area contributed by atoms with Crippen molar-refractivity contribution in [3.63, 3.8) is 0 Å². The molecule has 136 valence electrons. The van der Waals surface area contributed by atoms with Gasteiger partial charge in [-0.3, -0.25) is 0 Å². The van der Waals surface area contributed by atoms with Gasteiger partial charge in [0.15, 0.2) is 0 Å². The predicted octanol–water partition coefficient (Wildman–Crippen LogP) is 4.41. The number of amidine groups is 1. The van der Waals surface area contributed by atoms with Crippen LogP contribution in [0.3, 0.4) is 0 Å². The number of nitrogens with one attached hydrogen (secondary N) is 2. The van der Waals surface area contributed by atoms with E-state index in [-0.39, 0.29) is 17.1 Å². The topological polar surface area (TPSA) is 45.7 Å². The van der Waals surface area contributed by atoms with Gasteiger partial charge in [0.1, 0.15) is 17.5 Å². The van der Waals surface area contributed by atoms with Gasteiger partial charge < -0.3 is 15.4 Å². The summed E-state index contributed by atoms with van der Waals surface area (Å²) in [7, 11) is 0. The number of aliphatic imine (C=N–C) groups is 1. The second-order valence-electron chi connectivity index (χ2n) is 6.47. The first-order chi connectivity index (χ1) is 12.6. The molecule has 0 saturated carbocycles. The number of hydrogen-bond acceptors (Lipinski definition) is 4. The maximum atomic E-state index is 14.2. The molecule has 1 saturated heterocycles. The van der Waals surface area contributed by atoms with E-state index in [2.05, 4.69) is 10.6 Å². The van der Waals surface area contributed by atoms with Gasteiger partial charge in [0.25, 0.3) is 0 Å². The van der Waals surface area contributed by atoms with Crippen LogP contribution in [0.15, 0.2) is 41.4 Å². The van der Waals surface area contributed by atoms with Gasteiger partial charge >= 0.3 is 0 Å². The van der Waals surface area contributed by atoms with Crippen LogP contribution in [-0.2, 0) is 11.3 Å². The largest absolute Gasteiger partial charge is 0.381 e. The number of ether oxygens (including phenoxy) is 1. The lowest BCUT2D eigenvalue weighted by Crippen LogP contribution is -2.56. The summed E-state index contributed by atoms with van der Waals surface area (Å²) in [5, 5.41) is 6.59. The molecule has 2 heterocycles. The molecular weight excluding hydrogens is 360 g/mol. The molecule has 4 nitrogen and oxygen atoms in total. The van der Waals surface area contributed by atoms with Crippen LogP contribution in [0, 0.1) is 11.6 Å². The third kappa shape index (κ3) is 3.04. The number of halogens is 3. The van der Waals surface area contributed by atoms with E-state index in [9.17, 15) is 8.78 Å². The molecule has 0 aliphatic carbocycles. The fraction of sp³-hybridized carbons (Fsp3) is 0.316. The zero-order chi connectivity index (χ0) is 18.1. The Balaban J connectivity index is 1.67. The molecule has 0 atom stereocenters. The molecule has 4 rings (SSSR count). The summed E-state index contributed by atoms with van der Waals surface area (Å²) >= 11 is 5.79. The standard InChI is InChI=1S/C19H18ClF2N3O/c20-13-5-6-14(21)12(17(13)22)11-23-18-19(7-9-26-10-8-19)25-16-4-2-1-3-15(16)24-18/h1-6,25H,7-11H2,(H,23,24). The smallest absolute Gasteiger partial charge is 0.149 e. The number of benzene rings is 2. The highest BCUT2D eigenvalue weighted by molar-refractivity contribution is 6.30. The minimum Gasteiger partial charge on any atom is -0.381 e. The summed E-state index contributed by atoms with van der Waals surface area (Å²) in [6, 6.07) is 10.1. The van der Waals surface area contributed by atoms with E-state index >= 15 is 0 Å². The number of anilines is 1. The van der Waals surface area contributed by atoms with Crippen molar-refractivity contribution >= 4 is 28.8 Å². The molecule has 2 N–H and O–H groups in total. The highest BCUT2D eigenvalue weighted by Crippen LogP contribution is 2.37. The lowest BCUT2D eigenvalue weighted by atomic mass is 9.86. The molecule has 2 aliphatic heterocycles. The normalized spacial score (nSPS) is 18.0. The van der Waals surface area contributed by atoms with Crippen LogP contribution in [0.25, 0.3) is 0 Å². The Morgan fingerprint density at radius 3 is 2.73 bits per heavy atom. The molecule has 0 unspecified atom stereocenters. The third-order valence-electron chi connectivity index (χ3n) is 4.88. The van der Waals surface area contributed by atoms with Crippen molar-refractivity contribution in [3.8, 4) is 0 Å². The van der Waals surface area contributed by atoms with Crippen molar-refractivity contribution in [2.24, 2.45) is 4.99 Å². The lowest BCUT2D eigenvalue weighted by Gasteiger charge is -2.42. The monoisotopic (exact) mass is 377 g/mol. The fourth-order valence-electron chi connectivity index (χ4n) is 3.41. The van der Waals surface area contributed by atoms with Gasteiger partial charge in [0, 0.05) is 38.2 Å². The highest BCUT2D eigenvalue weighted by Gasteiger charge is 2.40. The lowest BCUT2D eigenvalue weighted by molar-refractivity contribution is 0.0771. The number of rotatable bonds is 2. The number of fused-ring (bicyclic) bond motifs is 1. The average molecular weight is 378 g/mol. The zero-order valence-electron chi connectivity index (χ0n) is 14.0. The minimum absolute atomic E-state index is 0.0382. The molecule has 1 fully saturated rings. The van der Waals surface area contributed by atoms with E-state index in [1.54, 1.807) is 0 Å². The molecule has 7 heteroatoms. The highest BCUT2D eigenvalue weighted by atomic mass is 35.5. The molecule has 1 spiro atoms. The molecule has 2 aromatic carbocycles. The Hall–Kier alpha value is -2.18. The number of hydrogen-bond donors (Lipinski definition) is 2. The molecule has 0 radical (unpaired) electrons. The van der Waals surface area contributed by atoms with Gasteiger partial charge in [0.2, 0.25) is 0 Å². The summed E-state index contributed by atoms with van der Waals surface area (Å²) < 4.78 is 33.7. The SMILES string of the molecule is Fc1ccc(Cl)c(F)c1CNC1=Nc2ccccc2NC12CCOCC2. The first-order valence-electron chi connectivity index (χ1n) is 8.49. The van der Waals surface area contributed by atoms with Crippen LogP contribution in [0.2, 0.25) is 5.02 Å².